The first-order chi connectivity index (χ1) is 10.0. The van der Waals surface area contributed by atoms with Gasteiger partial charge in [-0.2, -0.15) is 0 Å². The maximum atomic E-state index is 12.2. The number of hydrogen-bond donors (Lipinski definition) is 1. The third-order valence-corrected chi connectivity index (χ3v) is 2.98. The zero-order valence-electron chi connectivity index (χ0n) is 11.7. The van der Waals surface area contributed by atoms with E-state index in [1.807, 2.05) is 0 Å². The number of carbonyl (C=O) groups excluding carboxylic acids is 2. The minimum Gasteiger partial charge on any atom is -0.506 e. The van der Waals surface area contributed by atoms with Crippen molar-refractivity contribution >= 4 is 11.8 Å². The van der Waals surface area contributed by atoms with Crippen molar-refractivity contribution < 1.29 is 24.2 Å². The van der Waals surface area contributed by atoms with E-state index in [1.54, 1.807) is 24.3 Å². The van der Waals surface area contributed by atoms with Gasteiger partial charge < -0.3 is 19.1 Å². The average molecular weight is 289 g/mol. The van der Waals surface area contributed by atoms with Crippen LogP contribution in [0.15, 0.2) is 36.5 Å². The zero-order chi connectivity index (χ0) is 15.4. The summed E-state index contributed by atoms with van der Waals surface area (Å²) in [6.45, 7) is -0.0852. The molecule has 1 aromatic carbocycles. The maximum Gasteiger partial charge on any atom is 0.354 e. The molecular weight excluding hydrogens is 274 g/mol. The Kier molecular flexibility index (Phi) is 4.27. The maximum absolute atomic E-state index is 12.2. The second-order valence-corrected chi connectivity index (χ2v) is 4.36. The highest BCUT2D eigenvalue weighted by molar-refractivity contribution is 5.97. The van der Waals surface area contributed by atoms with Gasteiger partial charge in [0, 0.05) is 17.8 Å². The molecule has 0 amide bonds. The van der Waals surface area contributed by atoms with Crippen LogP contribution in [-0.4, -0.2) is 35.6 Å². The molecule has 0 spiro atoms. The molecule has 0 aliphatic rings. The highest BCUT2D eigenvalue weighted by Gasteiger charge is 2.17. The van der Waals surface area contributed by atoms with Gasteiger partial charge in [-0.25, -0.2) is 4.79 Å². The third-order valence-electron chi connectivity index (χ3n) is 2.98. The molecule has 0 saturated heterocycles. The number of Topliss-reactive ketones (excluding diaryl/α,β-unsaturated/α-hetero) is 1. The van der Waals surface area contributed by atoms with Gasteiger partial charge in [-0.1, -0.05) is 12.1 Å². The van der Waals surface area contributed by atoms with Crippen LogP contribution in [0.4, 0.5) is 0 Å². The summed E-state index contributed by atoms with van der Waals surface area (Å²) in [5, 5.41) is 9.48. The number of esters is 1. The third kappa shape index (κ3) is 3.22. The lowest BCUT2D eigenvalue weighted by Gasteiger charge is -2.07. The average Bonchev–Trinajstić information content (AvgIpc) is 2.87. The van der Waals surface area contributed by atoms with Crippen molar-refractivity contribution in [3.63, 3.8) is 0 Å². The molecule has 6 nitrogen and oxygen atoms in total. The molecular formula is C15H15NO5. The van der Waals surface area contributed by atoms with Crippen molar-refractivity contribution in [3.05, 3.63) is 47.8 Å². The van der Waals surface area contributed by atoms with Crippen LogP contribution in [-0.2, 0) is 11.3 Å². The zero-order valence-corrected chi connectivity index (χ0v) is 11.7. The van der Waals surface area contributed by atoms with Crippen LogP contribution in [0, 0.1) is 0 Å². The van der Waals surface area contributed by atoms with Crippen LogP contribution in [0.3, 0.4) is 0 Å². The molecule has 6 heteroatoms. The van der Waals surface area contributed by atoms with E-state index in [0.717, 1.165) is 0 Å². The van der Waals surface area contributed by atoms with Crippen molar-refractivity contribution in [3.8, 4) is 11.5 Å². The van der Waals surface area contributed by atoms with Crippen molar-refractivity contribution in [2.24, 2.45) is 0 Å². The van der Waals surface area contributed by atoms with E-state index in [0.29, 0.717) is 11.3 Å². The first-order valence-corrected chi connectivity index (χ1v) is 6.20. The van der Waals surface area contributed by atoms with E-state index in [-0.39, 0.29) is 23.8 Å². The van der Waals surface area contributed by atoms with Gasteiger partial charge in [0.1, 0.15) is 17.2 Å². The predicted octanol–water partition coefficient (Wildman–Crippen LogP) is 1.87. The molecule has 0 atom stereocenters. The fourth-order valence-electron chi connectivity index (χ4n) is 1.94. The number of nitrogens with zero attached hydrogens (tertiary/aromatic N) is 1. The summed E-state index contributed by atoms with van der Waals surface area (Å²) in [5.74, 6) is -0.360. The quantitative estimate of drug-likeness (QED) is 0.671. The van der Waals surface area contributed by atoms with Gasteiger partial charge >= 0.3 is 5.97 Å². The minimum absolute atomic E-state index is 0.0852. The number of ether oxygens (including phenoxy) is 2. The van der Waals surface area contributed by atoms with Crippen LogP contribution in [0.2, 0.25) is 0 Å². The van der Waals surface area contributed by atoms with E-state index in [1.165, 1.54) is 31.0 Å². The standard InChI is InChI=1S/C15H15NO5/c1-20-12-5-3-4-10(6-12)14(18)9-16-8-11(17)7-13(16)15(19)21-2/h3-8,17H,9H2,1-2H3. The predicted molar refractivity (Wildman–Crippen MR) is 74.8 cm³/mol. The van der Waals surface area contributed by atoms with Crippen LogP contribution < -0.4 is 4.74 Å². The summed E-state index contributed by atoms with van der Waals surface area (Å²) in [4.78, 5) is 23.8. The van der Waals surface area contributed by atoms with Crippen molar-refractivity contribution in [2.75, 3.05) is 14.2 Å². The van der Waals surface area contributed by atoms with Crippen LogP contribution in [0.1, 0.15) is 20.8 Å². The highest BCUT2D eigenvalue weighted by atomic mass is 16.5. The fraction of sp³-hybridized carbons (Fsp3) is 0.200. The number of ketones is 1. The number of rotatable bonds is 5. The monoisotopic (exact) mass is 289 g/mol. The number of aromatic nitrogens is 1. The molecule has 0 saturated carbocycles. The molecule has 110 valence electrons. The van der Waals surface area contributed by atoms with E-state index in [2.05, 4.69) is 4.74 Å². The van der Waals surface area contributed by atoms with Gasteiger partial charge in [-0.05, 0) is 12.1 Å². The van der Waals surface area contributed by atoms with Gasteiger partial charge in [0.25, 0.3) is 0 Å². The molecule has 1 N–H and O–H groups in total. The van der Waals surface area contributed by atoms with Crippen LogP contribution >= 0.6 is 0 Å². The van der Waals surface area contributed by atoms with E-state index < -0.39 is 5.97 Å². The summed E-state index contributed by atoms with van der Waals surface area (Å²) in [5.41, 5.74) is 0.574. The Morgan fingerprint density at radius 1 is 1.24 bits per heavy atom. The number of aromatic hydroxyl groups is 1. The van der Waals surface area contributed by atoms with E-state index >= 15 is 0 Å². The topological polar surface area (TPSA) is 77.8 Å². The molecule has 0 radical (unpaired) electrons. The first kappa shape index (κ1) is 14.6. The van der Waals surface area contributed by atoms with Gasteiger partial charge in [0.2, 0.25) is 0 Å². The van der Waals surface area contributed by atoms with E-state index in [9.17, 15) is 14.7 Å². The van der Waals surface area contributed by atoms with Crippen LogP contribution in [0.5, 0.6) is 11.5 Å². The molecule has 0 bridgehead atoms. The molecule has 2 rings (SSSR count). The Labute approximate surface area is 121 Å². The molecule has 0 aliphatic heterocycles. The van der Waals surface area contributed by atoms with Crippen molar-refractivity contribution in [1.29, 1.82) is 0 Å². The lowest BCUT2D eigenvalue weighted by Crippen LogP contribution is -2.15. The Morgan fingerprint density at radius 3 is 2.67 bits per heavy atom. The molecule has 1 heterocycles. The fourth-order valence-corrected chi connectivity index (χ4v) is 1.94. The number of hydrogen-bond acceptors (Lipinski definition) is 5. The Bertz CT molecular complexity index is 674. The Balaban J connectivity index is 2.25. The smallest absolute Gasteiger partial charge is 0.354 e. The Morgan fingerprint density at radius 2 is 2.00 bits per heavy atom. The van der Waals surface area contributed by atoms with Gasteiger partial charge in [0.15, 0.2) is 5.78 Å². The normalized spacial score (nSPS) is 10.2. The molecule has 1 aromatic heterocycles. The molecule has 0 fully saturated rings. The number of carbonyl (C=O) groups is 2. The molecule has 2 aromatic rings. The van der Waals surface area contributed by atoms with Crippen molar-refractivity contribution in [1.82, 2.24) is 4.57 Å². The molecule has 0 unspecified atom stereocenters. The highest BCUT2D eigenvalue weighted by Crippen LogP contribution is 2.18. The number of methoxy groups -OCH3 is 2. The lowest BCUT2D eigenvalue weighted by atomic mass is 10.1. The summed E-state index contributed by atoms with van der Waals surface area (Å²) in [6, 6.07) is 7.97. The first-order valence-electron chi connectivity index (χ1n) is 6.20. The summed E-state index contributed by atoms with van der Waals surface area (Å²) < 4.78 is 11.0. The summed E-state index contributed by atoms with van der Waals surface area (Å²) in [7, 11) is 2.75. The Hall–Kier alpha value is -2.76. The summed E-state index contributed by atoms with van der Waals surface area (Å²) >= 11 is 0. The number of benzene rings is 1. The SMILES string of the molecule is COC(=O)c1cc(O)cn1CC(=O)c1cccc(OC)c1. The van der Waals surface area contributed by atoms with Gasteiger partial charge in [0.05, 0.1) is 20.8 Å². The van der Waals surface area contributed by atoms with Gasteiger partial charge in [-0.3, -0.25) is 4.79 Å². The van der Waals surface area contributed by atoms with E-state index in [4.69, 9.17) is 4.74 Å². The largest absolute Gasteiger partial charge is 0.506 e. The van der Waals surface area contributed by atoms with Gasteiger partial charge in [-0.15, -0.1) is 0 Å². The lowest BCUT2D eigenvalue weighted by molar-refractivity contribution is 0.0588. The second kappa shape index (κ2) is 6.13. The molecule has 21 heavy (non-hydrogen) atoms. The van der Waals surface area contributed by atoms with Crippen LogP contribution in [0.25, 0.3) is 0 Å². The minimum atomic E-state index is -0.617. The second-order valence-electron chi connectivity index (χ2n) is 4.36. The summed E-state index contributed by atoms with van der Waals surface area (Å²) in [6.07, 6.45) is 1.31. The van der Waals surface area contributed by atoms with Crippen molar-refractivity contribution in [2.45, 2.75) is 6.54 Å². The molecule has 0 aliphatic carbocycles.